The van der Waals surface area contributed by atoms with E-state index in [0.29, 0.717) is 17.5 Å². The lowest BCUT2D eigenvalue weighted by atomic mass is 10.3. The fraction of sp³-hybridized carbons (Fsp3) is 0.900. The molecule has 0 aromatic rings. The summed E-state index contributed by atoms with van der Waals surface area (Å²) in [6, 6.07) is -0.401. The van der Waals surface area contributed by atoms with Crippen molar-refractivity contribution in [3.8, 4) is 0 Å². The molecule has 0 aromatic heterocycles. The lowest BCUT2D eigenvalue weighted by Crippen LogP contribution is -2.38. The van der Waals surface area contributed by atoms with Crippen LogP contribution in [-0.2, 0) is 4.79 Å². The minimum Gasteiger partial charge on any atom is -0.480 e. The van der Waals surface area contributed by atoms with Gasteiger partial charge in [0.05, 0.1) is 0 Å². The standard InChI is InChI=1S/C8H17NO2S.C2H6/c1-4-9-7(8(10)11)5-12-6(2)3;1-2/h6-7,9H,4-5H2,1-3H3,(H,10,11);1-2H3. The highest BCUT2D eigenvalue weighted by Gasteiger charge is 2.15. The predicted molar refractivity (Wildman–Crippen MR) is 64.0 cm³/mol. The molecule has 4 heteroatoms. The van der Waals surface area contributed by atoms with Gasteiger partial charge in [-0.1, -0.05) is 34.6 Å². The smallest absolute Gasteiger partial charge is 0.321 e. The molecule has 0 aromatic carbocycles. The van der Waals surface area contributed by atoms with Crippen molar-refractivity contribution in [3.63, 3.8) is 0 Å². The number of rotatable bonds is 6. The number of aliphatic carboxylic acids is 1. The van der Waals surface area contributed by atoms with E-state index in [-0.39, 0.29) is 0 Å². The SMILES string of the molecule is CC.CCNC(CSC(C)C)C(=O)O. The van der Waals surface area contributed by atoms with Gasteiger partial charge in [-0.3, -0.25) is 4.79 Å². The van der Waals surface area contributed by atoms with Crippen molar-refractivity contribution in [2.75, 3.05) is 12.3 Å². The number of hydrogen-bond acceptors (Lipinski definition) is 3. The van der Waals surface area contributed by atoms with Crippen LogP contribution in [0.3, 0.4) is 0 Å². The summed E-state index contributed by atoms with van der Waals surface area (Å²) in [5.74, 6) is -0.120. The van der Waals surface area contributed by atoms with Gasteiger partial charge in [0.25, 0.3) is 0 Å². The maximum atomic E-state index is 10.6. The van der Waals surface area contributed by atoms with E-state index in [0.717, 1.165) is 0 Å². The van der Waals surface area contributed by atoms with Crippen LogP contribution in [0.1, 0.15) is 34.6 Å². The molecule has 1 unspecified atom stereocenters. The maximum Gasteiger partial charge on any atom is 0.321 e. The molecule has 1 atom stereocenters. The molecule has 0 bridgehead atoms. The lowest BCUT2D eigenvalue weighted by Gasteiger charge is -2.13. The molecule has 0 heterocycles. The minimum atomic E-state index is -0.759. The molecule has 2 N–H and O–H groups in total. The summed E-state index contributed by atoms with van der Waals surface area (Å²) in [6.45, 7) is 10.7. The largest absolute Gasteiger partial charge is 0.480 e. The zero-order chi connectivity index (χ0) is 11.6. The van der Waals surface area contributed by atoms with Crippen molar-refractivity contribution in [3.05, 3.63) is 0 Å². The van der Waals surface area contributed by atoms with Gasteiger partial charge in [0.2, 0.25) is 0 Å². The molecule has 0 aliphatic carbocycles. The van der Waals surface area contributed by atoms with Crippen molar-refractivity contribution in [1.29, 1.82) is 0 Å². The van der Waals surface area contributed by atoms with Crippen LogP contribution in [0, 0.1) is 0 Å². The Hall–Kier alpha value is -0.220. The second-order valence-corrected chi connectivity index (χ2v) is 4.44. The molecule has 3 nitrogen and oxygen atoms in total. The van der Waals surface area contributed by atoms with Gasteiger partial charge < -0.3 is 10.4 Å². The number of carboxylic acids is 1. The normalized spacial score (nSPS) is 11.9. The molecule has 0 rings (SSSR count). The summed E-state index contributed by atoms with van der Waals surface area (Å²) in [6.07, 6.45) is 0. The van der Waals surface area contributed by atoms with Crippen molar-refractivity contribution in [2.24, 2.45) is 0 Å². The number of carboxylic acid groups (broad SMARTS) is 1. The molecular weight excluding hydrogens is 198 g/mol. The quantitative estimate of drug-likeness (QED) is 0.722. The predicted octanol–water partition coefficient (Wildman–Crippen LogP) is 2.22. The third kappa shape index (κ3) is 9.86. The highest BCUT2D eigenvalue weighted by Crippen LogP contribution is 2.10. The summed E-state index contributed by atoms with van der Waals surface area (Å²) >= 11 is 1.66. The van der Waals surface area contributed by atoms with E-state index < -0.39 is 12.0 Å². The first kappa shape index (κ1) is 16.2. The second kappa shape index (κ2) is 10.9. The number of likely N-dealkylation sites (N-methyl/N-ethyl adjacent to an activating group) is 1. The van der Waals surface area contributed by atoms with Crippen LogP contribution in [0.15, 0.2) is 0 Å². The van der Waals surface area contributed by atoms with Crippen LogP contribution < -0.4 is 5.32 Å². The molecule has 0 spiro atoms. The Labute approximate surface area is 91.7 Å². The Bertz CT molecular complexity index is 140. The first-order chi connectivity index (χ1) is 6.57. The van der Waals surface area contributed by atoms with Gasteiger partial charge >= 0.3 is 5.97 Å². The van der Waals surface area contributed by atoms with Crippen LogP contribution in [-0.4, -0.2) is 34.7 Å². The van der Waals surface area contributed by atoms with Crippen molar-refractivity contribution >= 4 is 17.7 Å². The maximum absolute atomic E-state index is 10.6. The fourth-order valence-electron chi connectivity index (χ4n) is 0.753. The molecule has 14 heavy (non-hydrogen) atoms. The third-order valence-electron chi connectivity index (χ3n) is 1.34. The molecule has 0 saturated carbocycles. The summed E-state index contributed by atoms with van der Waals surface area (Å²) in [5, 5.41) is 12.1. The van der Waals surface area contributed by atoms with Crippen molar-refractivity contribution in [1.82, 2.24) is 5.32 Å². The topological polar surface area (TPSA) is 49.3 Å². The molecule has 0 aliphatic rings. The van der Waals surface area contributed by atoms with Gasteiger partial charge in [-0.25, -0.2) is 0 Å². The van der Waals surface area contributed by atoms with Gasteiger partial charge in [0, 0.05) is 5.75 Å². The molecular formula is C10H23NO2S. The summed E-state index contributed by atoms with van der Waals surface area (Å²) in [7, 11) is 0. The first-order valence-corrected chi connectivity index (χ1v) is 6.20. The summed E-state index contributed by atoms with van der Waals surface area (Å²) < 4.78 is 0. The highest BCUT2D eigenvalue weighted by molar-refractivity contribution is 7.99. The van der Waals surface area contributed by atoms with E-state index in [1.54, 1.807) is 11.8 Å². The molecule has 0 saturated heterocycles. The van der Waals surface area contributed by atoms with Gasteiger partial charge in [0.15, 0.2) is 0 Å². The number of thioether (sulfide) groups is 1. The van der Waals surface area contributed by atoms with E-state index in [1.807, 2.05) is 20.8 Å². The Morgan fingerprint density at radius 1 is 1.43 bits per heavy atom. The number of carbonyl (C=O) groups is 1. The van der Waals surface area contributed by atoms with Crippen LogP contribution in [0.2, 0.25) is 0 Å². The average Bonchev–Trinajstić information content (AvgIpc) is 2.14. The first-order valence-electron chi connectivity index (χ1n) is 5.15. The molecule has 0 amide bonds. The fourth-order valence-corrected chi connectivity index (χ4v) is 1.59. The molecule has 0 radical (unpaired) electrons. The Kier molecular flexibility index (Phi) is 12.6. The molecule has 0 aliphatic heterocycles. The molecule has 86 valence electrons. The third-order valence-corrected chi connectivity index (χ3v) is 2.54. The van der Waals surface area contributed by atoms with Crippen molar-refractivity contribution < 1.29 is 9.90 Å². The van der Waals surface area contributed by atoms with Crippen LogP contribution in [0.25, 0.3) is 0 Å². The second-order valence-electron chi connectivity index (χ2n) is 2.83. The Balaban J connectivity index is 0. The van der Waals surface area contributed by atoms with Crippen LogP contribution in [0.5, 0.6) is 0 Å². The minimum absolute atomic E-state index is 0.401. The van der Waals surface area contributed by atoms with E-state index in [1.165, 1.54) is 0 Å². The lowest BCUT2D eigenvalue weighted by molar-refractivity contribution is -0.138. The molecule has 0 fully saturated rings. The van der Waals surface area contributed by atoms with E-state index in [2.05, 4.69) is 19.2 Å². The zero-order valence-electron chi connectivity index (χ0n) is 9.83. The highest BCUT2D eigenvalue weighted by atomic mass is 32.2. The van der Waals surface area contributed by atoms with E-state index in [9.17, 15) is 4.79 Å². The Morgan fingerprint density at radius 2 is 1.93 bits per heavy atom. The number of hydrogen-bond donors (Lipinski definition) is 2. The van der Waals surface area contributed by atoms with E-state index >= 15 is 0 Å². The summed E-state index contributed by atoms with van der Waals surface area (Å²) in [5.41, 5.74) is 0. The number of nitrogens with one attached hydrogen (secondary N) is 1. The monoisotopic (exact) mass is 221 g/mol. The summed E-state index contributed by atoms with van der Waals surface area (Å²) in [4.78, 5) is 10.6. The zero-order valence-corrected chi connectivity index (χ0v) is 10.6. The van der Waals surface area contributed by atoms with E-state index in [4.69, 9.17) is 5.11 Å². The van der Waals surface area contributed by atoms with Crippen molar-refractivity contribution in [2.45, 2.75) is 45.9 Å². The van der Waals surface area contributed by atoms with Gasteiger partial charge in [-0.2, -0.15) is 11.8 Å². The van der Waals surface area contributed by atoms with Gasteiger partial charge in [0.1, 0.15) is 6.04 Å². The Morgan fingerprint density at radius 3 is 2.21 bits per heavy atom. The van der Waals surface area contributed by atoms with Gasteiger partial charge in [-0.15, -0.1) is 0 Å². The van der Waals surface area contributed by atoms with Crippen LogP contribution in [0.4, 0.5) is 0 Å². The average molecular weight is 221 g/mol. The van der Waals surface area contributed by atoms with Gasteiger partial charge in [-0.05, 0) is 11.8 Å². The van der Waals surface area contributed by atoms with Crippen LogP contribution >= 0.6 is 11.8 Å².